The van der Waals surface area contributed by atoms with Gasteiger partial charge in [0.05, 0.1) is 11.7 Å². The molecule has 2 aromatic heterocycles. The number of aryl methyl sites for hydroxylation is 1. The molecule has 1 saturated heterocycles. The van der Waals surface area contributed by atoms with E-state index in [1.165, 1.54) is 35.0 Å². The Morgan fingerprint density at radius 3 is 2.95 bits per heavy atom. The van der Waals surface area contributed by atoms with Crippen LogP contribution in [0.3, 0.4) is 0 Å². The molecule has 5 rings (SSSR count). The number of carbonyl (C=O) groups is 3. The molecule has 2 aromatic rings. The number of β-lactam (4-membered cyclic amide) rings is 1. The quantitative estimate of drug-likeness (QED) is 0.144. The highest BCUT2D eigenvalue weighted by Crippen LogP contribution is 2.42. The number of carboxylic acids is 1. The number of nitrogens with one attached hydrogen (secondary N) is 1. The predicted molar refractivity (Wildman–Crippen MR) is 137 cm³/mol. The first kappa shape index (κ1) is 25.5. The number of carbonyl (C=O) groups excluding carboxylic acids is 3. The summed E-state index contributed by atoms with van der Waals surface area (Å²) in [4.78, 5) is 49.2. The maximum absolute atomic E-state index is 13.0. The van der Waals surface area contributed by atoms with Crippen molar-refractivity contribution in [1.29, 1.82) is 0 Å². The minimum atomic E-state index is -1.40. The molecule has 2 amide bonds. The summed E-state index contributed by atoms with van der Waals surface area (Å²) in [6, 6.07) is 1.14. The number of nitrogens with two attached hydrogens (primary N) is 1. The lowest BCUT2D eigenvalue weighted by atomic mass is 10.0. The van der Waals surface area contributed by atoms with E-state index in [1.54, 1.807) is 17.1 Å². The Morgan fingerprint density at radius 2 is 2.24 bits per heavy atom. The lowest BCUT2D eigenvalue weighted by Gasteiger charge is -2.50. The van der Waals surface area contributed by atoms with Crippen molar-refractivity contribution in [2.24, 2.45) is 12.2 Å². The average molecular weight is 561 g/mol. The molecule has 194 valence electrons. The van der Waals surface area contributed by atoms with Crippen molar-refractivity contribution in [2.45, 2.75) is 35.6 Å². The smallest absolute Gasteiger partial charge is 0.276 e. The third-order valence-corrected chi connectivity index (χ3v) is 9.65. The molecule has 1 aliphatic carbocycles. The molecule has 4 heterocycles. The van der Waals surface area contributed by atoms with E-state index in [2.05, 4.69) is 26.1 Å². The zero-order valence-corrected chi connectivity index (χ0v) is 22.5. The number of anilines is 1. The van der Waals surface area contributed by atoms with Gasteiger partial charge in [-0.15, -0.1) is 34.9 Å². The molecule has 0 aromatic carbocycles. The van der Waals surface area contributed by atoms with Crippen molar-refractivity contribution in [3.63, 3.8) is 0 Å². The minimum absolute atomic E-state index is 0.108. The third kappa shape index (κ3) is 4.68. The lowest BCUT2D eigenvalue weighted by Crippen LogP contribution is -2.71. The van der Waals surface area contributed by atoms with Crippen LogP contribution in [-0.4, -0.2) is 63.4 Å². The first-order valence-electron chi connectivity index (χ1n) is 11.4. The topological polar surface area (TPSA) is 154 Å². The van der Waals surface area contributed by atoms with E-state index in [1.807, 2.05) is 13.2 Å². The number of carboxylic acid groups (broad SMARTS) is 1. The van der Waals surface area contributed by atoms with Crippen LogP contribution in [-0.2, 0) is 39.1 Å². The molecule has 0 radical (unpaired) electrons. The van der Waals surface area contributed by atoms with Crippen LogP contribution in [0, 0.1) is 0 Å². The van der Waals surface area contributed by atoms with Gasteiger partial charge in [-0.2, -0.15) is 0 Å². The molecule has 0 unspecified atom stereocenters. The molecule has 0 bridgehead atoms. The number of thioether (sulfide) groups is 2. The summed E-state index contributed by atoms with van der Waals surface area (Å²) in [5.74, 6) is -1.75. The van der Waals surface area contributed by atoms with E-state index in [-0.39, 0.29) is 22.2 Å². The fourth-order valence-corrected chi connectivity index (χ4v) is 7.88. The molecule has 37 heavy (non-hydrogen) atoms. The number of aromatic nitrogens is 2. The van der Waals surface area contributed by atoms with Gasteiger partial charge in [0, 0.05) is 39.8 Å². The number of oxime groups is 1. The third-order valence-electron chi connectivity index (χ3n) is 6.45. The van der Waals surface area contributed by atoms with E-state index in [0.29, 0.717) is 17.1 Å². The van der Waals surface area contributed by atoms with Crippen LogP contribution in [0.5, 0.6) is 0 Å². The number of rotatable bonds is 8. The number of hydrogen-bond acceptors (Lipinski definition) is 11. The number of aliphatic carboxylic acids is 1. The molecule has 0 saturated carbocycles. The maximum Gasteiger partial charge on any atom is 0.276 e. The Kier molecular flexibility index (Phi) is 7.14. The van der Waals surface area contributed by atoms with Gasteiger partial charge in [0.2, 0.25) is 0 Å². The summed E-state index contributed by atoms with van der Waals surface area (Å²) < 4.78 is 2.14. The van der Waals surface area contributed by atoms with Crippen molar-refractivity contribution in [3.8, 4) is 0 Å². The average Bonchev–Trinajstić information content (AvgIpc) is 3.54. The van der Waals surface area contributed by atoms with Crippen LogP contribution in [0.2, 0.25) is 0 Å². The maximum atomic E-state index is 13.0. The van der Waals surface area contributed by atoms with Crippen LogP contribution in [0.25, 0.3) is 0 Å². The normalized spacial score (nSPS) is 20.9. The molecular formula is C23H24N6O5S3. The van der Waals surface area contributed by atoms with Gasteiger partial charge < -0.3 is 25.8 Å². The predicted octanol–water partition coefficient (Wildman–Crippen LogP) is -0.415. The Hall–Kier alpha value is -3.10. The van der Waals surface area contributed by atoms with Gasteiger partial charge >= 0.3 is 0 Å². The molecule has 0 spiro atoms. The number of nitrogen functional groups attached to an aromatic ring is 1. The molecule has 11 nitrogen and oxygen atoms in total. The molecular weight excluding hydrogens is 536 g/mol. The largest absolute Gasteiger partial charge is 0.543 e. The van der Waals surface area contributed by atoms with Crippen molar-refractivity contribution in [2.75, 3.05) is 24.3 Å². The molecule has 1 fully saturated rings. The molecule has 3 N–H and O–H groups in total. The van der Waals surface area contributed by atoms with E-state index in [4.69, 9.17) is 10.6 Å². The van der Waals surface area contributed by atoms with E-state index >= 15 is 0 Å². The fraction of sp³-hybridized carbons (Fsp3) is 0.391. The SMILES string of the molecule is CO/N=C(/C(=O)N[C@H]1C(=O)N2C(C(=O)[O-])=C(CSc3cc[n+](C)c4c3CCC4)CS[C@@H]12)c1csc(N)n1. The van der Waals surface area contributed by atoms with Crippen LogP contribution < -0.4 is 20.7 Å². The van der Waals surface area contributed by atoms with Crippen molar-refractivity contribution < 1.29 is 28.9 Å². The van der Waals surface area contributed by atoms with Gasteiger partial charge in [-0.05, 0) is 18.4 Å². The van der Waals surface area contributed by atoms with E-state index < -0.39 is 29.2 Å². The van der Waals surface area contributed by atoms with Crippen molar-refractivity contribution in [1.82, 2.24) is 15.2 Å². The molecule has 2 aliphatic heterocycles. The fourth-order valence-electron chi connectivity index (χ4n) is 4.74. The number of fused-ring (bicyclic) bond motifs is 2. The van der Waals surface area contributed by atoms with Crippen LogP contribution >= 0.6 is 34.9 Å². The summed E-state index contributed by atoms with van der Waals surface area (Å²) in [5.41, 5.74) is 8.89. The standard InChI is InChI=1S/C23H24N6O5S3/c1-28-7-6-15(12-4-3-5-14(12)28)35-8-11-9-36-21-17(20(31)29(21)18(11)22(32)33)26-19(30)16(27-34-2)13-10-37-23(24)25-13/h6-7,10,17,21H,3-5,8-9H2,1-2H3,(H3-,24,25,26,30,32,33)/b27-16+/t17-,21-/m0/s1. The van der Waals surface area contributed by atoms with Crippen LogP contribution in [0.15, 0.2) is 39.0 Å². The Bertz CT molecular complexity index is 1360. The van der Waals surface area contributed by atoms with Gasteiger partial charge in [-0.3, -0.25) is 14.5 Å². The highest BCUT2D eigenvalue weighted by Gasteiger charge is 2.53. The lowest BCUT2D eigenvalue weighted by molar-refractivity contribution is -0.679. The van der Waals surface area contributed by atoms with Gasteiger partial charge in [-0.1, -0.05) is 5.16 Å². The zero-order chi connectivity index (χ0) is 26.3. The first-order valence-corrected chi connectivity index (χ1v) is 14.4. The second-order valence-electron chi connectivity index (χ2n) is 8.65. The van der Waals surface area contributed by atoms with Gasteiger partial charge in [-0.25, -0.2) is 9.55 Å². The van der Waals surface area contributed by atoms with Gasteiger partial charge in [0.25, 0.3) is 11.8 Å². The number of thiazole rings is 1. The molecule has 14 heteroatoms. The Labute approximate surface area is 225 Å². The molecule has 2 atom stereocenters. The van der Waals surface area contributed by atoms with E-state index in [9.17, 15) is 19.5 Å². The summed E-state index contributed by atoms with van der Waals surface area (Å²) in [6.45, 7) is 0. The van der Waals surface area contributed by atoms with Gasteiger partial charge in [0.1, 0.15) is 31.3 Å². The summed E-state index contributed by atoms with van der Waals surface area (Å²) in [5, 5.41) is 19.7. The Morgan fingerprint density at radius 1 is 1.43 bits per heavy atom. The second-order valence-corrected chi connectivity index (χ2v) is 11.7. The zero-order valence-electron chi connectivity index (χ0n) is 20.1. The Balaban J connectivity index is 1.31. The summed E-state index contributed by atoms with van der Waals surface area (Å²) in [7, 11) is 3.32. The monoisotopic (exact) mass is 560 g/mol. The highest BCUT2D eigenvalue weighted by molar-refractivity contribution is 8.01. The van der Waals surface area contributed by atoms with Crippen LogP contribution in [0.1, 0.15) is 23.4 Å². The highest BCUT2D eigenvalue weighted by atomic mass is 32.2. The van der Waals surface area contributed by atoms with Gasteiger partial charge in [0.15, 0.2) is 22.7 Å². The number of hydrogen-bond donors (Lipinski definition) is 2. The number of amides is 2. The van der Waals surface area contributed by atoms with E-state index in [0.717, 1.165) is 35.5 Å². The minimum Gasteiger partial charge on any atom is -0.543 e. The van der Waals surface area contributed by atoms with Crippen molar-refractivity contribution in [3.05, 3.63) is 45.9 Å². The first-order chi connectivity index (χ1) is 17.8. The van der Waals surface area contributed by atoms with Crippen LogP contribution in [0.4, 0.5) is 5.13 Å². The summed E-state index contributed by atoms with van der Waals surface area (Å²) in [6.07, 6.45) is 5.17. The second kappa shape index (κ2) is 10.3. The van der Waals surface area contributed by atoms with Crippen molar-refractivity contribution >= 4 is 63.5 Å². The number of nitrogens with zero attached hydrogens (tertiary/aromatic N) is 4. The summed E-state index contributed by atoms with van der Waals surface area (Å²) >= 11 is 4.12. The molecule has 3 aliphatic rings. The number of pyridine rings is 1.